The van der Waals surface area contributed by atoms with E-state index in [4.69, 9.17) is 17.3 Å². The van der Waals surface area contributed by atoms with E-state index >= 15 is 0 Å². The Morgan fingerprint density at radius 2 is 2.00 bits per heavy atom. The zero-order valence-electron chi connectivity index (χ0n) is 10.5. The number of rotatable bonds is 4. The van der Waals surface area contributed by atoms with Gasteiger partial charge in [-0.1, -0.05) is 25.4 Å². The molecule has 1 rings (SSSR count). The Kier molecular flexibility index (Phi) is 4.82. The predicted molar refractivity (Wildman–Crippen MR) is 73.3 cm³/mol. The van der Waals surface area contributed by atoms with Crippen LogP contribution in [-0.2, 0) is 4.79 Å². The smallest absolute Gasteiger partial charge is 0.229 e. The van der Waals surface area contributed by atoms with Gasteiger partial charge in [0.2, 0.25) is 5.91 Å². The Labute approximate surface area is 108 Å². The molecule has 0 fully saturated rings. The summed E-state index contributed by atoms with van der Waals surface area (Å²) in [5.74, 6) is 0.127. The number of nitrogens with zero attached hydrogens (tertiary/aromatic N) is 1. The Balaban J connectivity index is 2.99. The third-order valence-corrected chi connectivity index (χ3v) is 3.25. The Morgan fingerprint density at radius 1 is 1.41 bits per heavy atom. The summed E-state index contributed by atoms with van der Waals surface area (Å²) in [6.07, 6.45) is 1.67. The van der Waals surface area contributed by atoms with Crippen LogP contribution in [0.5, 0.6) is 0 Å². The van der Waals surface area contributed by atoms with Crippen molar-refractivity contribution < 1.29 is 4.79 Å². The predicted octanol–water partition coefficient (Wildman–Crippen LogP) is 3.32. The number of halogens is 1. The minimum atomic E-state index is 0.0402. The lowest BCUT2D eigenvalue weighted by Gasteiger charge is -2.23. The number of amides is 1. The molecule has 0 aliphatic heterocycles. The fourth-order valence-corrected chi connectivity index (χ4v) is 2.00. The molecule has 0 saturated heterocycles. The van der Waals surface area contributed by atoms with Crippen LogP contribution in [0.2, 0.25) is 5.02 Å². The molecule has 0 unspecified atom stereocenters. The summed E-state index contributed by atoms with van der Waals surface area (Å²) in [6.45, 7) is 4.03. The first kappa shape index (κ1) is 13.8. The molecule has 94 valence electrons. The number of hydrogen-bond donors (Lipinski definition) is 1. The van der Waals surface area contributed by atoms with Crippen molar-refractivity contribution in [2.24, 2.45) is 5.92 Å². The molecule has 1 aromatic carbocycles. The summed E-state index contributed by atoms with van der Waals surface area (Å²) in [4.78, 5) is 13.8. The minimum absolute atomic E-state index is 0.0402. The molecule has 0 aliphatic carbocycles. The SMILES string of the molecule is CCC(CC)C(=O)N(C)c1cc(Cl)ccc1N. The molecular formula is C13H19ClN2O. The van der Waals surface area contributed by atoms with Crippen LogP contribution >= 0.6 is 11.6 Å². The largest absolute Gasteiger partial charge is 0.397 e. The first-order chi connectivity index (χ1) is 8.01. The van der Waals surface area contributed by atoms with Gasteiger partial charge in [0.1, 0.15) is 0 Å². The van der Waals surface area contributed by atoms with Gasteiger partial charge in [0.15, 0.2) is 0 Å². The van der Waals surface area contributed by atoms with Crippen LogP contribution < -0.4 is 10.6 Å². The van der Waals surface area contributed by atoms with Crippen molar-refractivity contribution in [3.63, 3.8) is 0 Å². The zero-order valence-corrected chi connectivity index (χ0v) is 11.3. The Hall–Kier alpha value is -1.22. The van der Waals surface area contributed by atoms with Crippen molar-refractivity contribution in [2.75, 3.05) is 17.7 Å². The maximum atomic E-state index is 12.2. The molecule has 0 bridgehead atoms. The number of nitrogens with two attached hydrogens (primary N) is 1. The van der Waals surface area contributed by atoms with E-state index in [9.17, 15) is 4.79 Å². The number of carbonyl (C=O) groups excluding carboxylic acids is 1. The lowest BCUT2D eigenvalue weighted by molar-refractivity contribution is -0.122. The molecule has 0 aliphatic rings. The average Bonchev–Trinajstić information content (AvgIpc) is 2.32. The van der Waals surface area contributed by atoms with Crippen molar-refractivity contribution in [3.8, 4) is 0 Å². The zero-order chi connectivity index (χ0) is 13.0. The molecule has 0 aromatic heterocycles. The quantitative estimate of drug-likeness (QED) is 0.838. The van der Waals surface area contributed by atoms with E-state index in [0.717, 1.165) is 12.8 Å². The van der Waals surface area contributed by atoms with E-state index in [1.807, 2.05) is 13.8 Å². The first-order valence-corrected chi connectivity index (χ1v) is 6.21. The van der Waals surface area contributed by atoms with Gasteiger partial charge >= 0.3 is 0 Å². The fourth-order valence-electron chi connectivity index (χ4n) is 1.84. The van der Waals surface area contributed by atoms with E-state index in [-0.39, 0.29) is 11.8 Å². The maximum Gasteiger partial charge on any atom is 0.229 e. The number of anilines is 2. The first-order valence-electron chi connectivity index (χ1n) is 5.83. The molecule has 1 amide bonds. The van der Waals surface area contributed by atoms with Crippen LogP contribution in [-0.4, -0.2) is 13.0 Å². The summed E-state index contributed by atoms with van der Waals surface area (Å²) in [5.41, 5.74) is 7.10. The van der Waals surface area contributed by atoms with Gasteiger partial charge in [0, 0.05) is 18.0 Å². The van der Waals surface area contributed by atoms with Crippen LogP contribution in [0.15, 0.2) is 18.2 Å². The van der Waals surface area contributed by atoms with E-state index in [2.05, 4.69) is 0 Å². The van der Waals surface area contributed by atoms with Crippen molar-refractivity contribution in [3.05, 3.63) is 23.2 Å². The van der Waals surface area contributed by atoms with E-state index in [1.165, 1.54) is 0 Å². The molecule has 1 aromatic rings. The van der Waals surface area contributed by atoms with Crippen molar-refractivity contribution in [1.29, 1.82) is 0 Å². The van der Waals surface area contributed by atoms with Gasteiger partial charge in [0.25, 0.3) is 0 Å². The highest BCUT2D eigenvalue weighted by Gasteiger charge is 2.21. The van der Waals surface area contributed by atoms with Crippen molar-refractivity contribution >= 4 is 28.9 Å². The van der Waals surface area contributed by atoms with Crippen LogP contribution in [0, 0.1) is 5.92 Å². The second-order valence-corrected chi connectivity index (χ2v) is 4.55. The van der Waals surface area contributed by atoms with Crippen LogP contribution in [0.3, 0.4) is 0 Å². The van der Waals surface area contributed by atoms with Gasteiger partial charge in [-0.05, 0) is 31.0 Å². The van der Waals surface area contributed by atoms with Gasteiger partial charge in [-0.15, -0.1) is 0 Å². The fraction of sp³-hybridized carbons (Fsp3) is 0.462. The topological polar surface area (TPSA) is 46.3 Å². The van der Waals surface area contributed by atoms with Crippen molar-refractivity contribution in [2.45, 2.75) is 26.7 Å². The molecule has 0 atom stereocenters. The second kappa shape index (κ2) is 5.92. The molecule has 3 nitrogen and oxygen atoms in total. The highest BCUT2D eigenvalue weighted by molar-refractivity contribution is 6.31. The molecule has 0 radical (unpaired) electrons. The molecule has 0 saturated carbocycles. The summed E-state index contributed by atoms with van der Waals surface area (Å²) in [5, 5.41) is 0.582. The number of nitrogen functional groups attached to an aromatic ring is 1. The van der Waals surface area contributed by atoms with Gasteiger partial charge in [0.05, 0.1) is 11.4 Å². The minimum Gasteiger partial charge on any atom is -0.397 e. The van der Waals surface area contributed by atoms with Gasteiger partial charge < -0.3 is 10.6 Å². The van der Waals surface area contributed by atoms with Crippen LogP contribution in [0.25, 0.3) is 0 Å². The lowest BCUT2D eigenvalue weighted by atomic mass is 10.0. The summed E-state index contributed by atoms with van der Waals surface area (Å²) in [6, 6.07) is 5.15. The summed E-state index contributed by atoms with van der Waals surface area (Å²) in [7, 11) is 1.74. The van der Waals surface area contributed by atoms with Crippen molar-refractivity contribution in [1.82, 2.24) is 0 Å². The lowest BCUT2D eigenvalue weighted by Crippen LogP contribution is -2.32. The van der Waals surface area contributed by atoms with E-state index in [1.54, 1.807) is 30.1 Å². The molecule has 4 heteroatoms. The third-order valence-electron chi connectivity index (χ3n) is 3.02. The standard InChI is InChI=1S/C13H19ClN2O/c1-4-9(5-2)13(17)16(3)12-8-10(14)6-7-11(12)15/h6-9H,4-5,15H2,1-3H3. The normalized spacial score (nSPS) is 10.6. The second-order valence-electron chi connectivity index (χ2n) is 4.11. The van der Waals surface area contributed by atoms with Gasteiger partial charge in [-0.2, -0.15) is 0 Å². The average molecular weight is 255 g/mol. The number of carbonyl (C=O) groups is 1. The van der Waals surface area contributed by atoms with Gasteiger partial charge in [-0.3, -0.25) is 4.79 Å². The van der Waals surface area contributed by atoms with Gasteiger partial charge in [-0.25, -0.2) is 0 Å². The summed E-state index contributed by atoms with van der Waals surface area (Å²) >= 11 is 5.92. The highest BCUT2D eigenvalue weighted by Crippen LogP contribution is 2.27. The van der Waals surface area contributed by atoms with Crippen LogP contribution in [0.4, 0.5) is 11.4 Å². The van der Waals surface area contributed by atoms with Crippen LogP contribution in [0.1, 0.15) is 26.7 Å². The number of benzene rings is 1. The molecule has 17 heavy (non-hydrogen) atoms. The molecule has 0 spiro atoms. The summed E-state index contributed by atoms with van der Waals surface area (Å²) < 4.78 is 0. The molecule has 2 N–H and O–H groups in total. The third kappa shape index (κ3) is 3.13. The van der Waals surface area contributed by atoms with E-state index in [0.29, 0.717) is 16.4 Å². The van der Waals surface area contributed by atoms with E-state index < -0.39 is 0 Å². The Morgan fingerprint density at radius 3 is 2.53 bits per heavy atom. The maximum absolute atomic E-state index is 12.2. The number of hydrogen-bond acceptors (Lipinski definition) is 2. The monoisotopic (exact) mass is 254 g/mol. The molecular weight excluding hydrogens is 236 g/mol. The highest BCUT2D eigenvalue weighted by atomic mass is 35.5. The Bertz CT molecular complexity index is 402. The molecule has 0 heterocycles.